The van der Waals surface area contributed by atoms with Gasteiger partial charge in [0.2, 0.25) is 5.91 Å². The molecule has 6 nitrogen and oxygen atoms in total. The average Bonchev–Trinajstić information content (AvgIpc) is 2.68. The van der Waals surface area contributed by atoms with Gasteiger partial charge in [0.25, 0.3) is 0 Å². The summed E-state index contributed by atoms with van der Waals surface area (Å²) in [5.41, 5.74) is 0.459. The van der Waals surface area contributed by atoms with E-state index in [1.165, 1.54) is 12.7 Å². The molecule has 0 aromatic carbocycles. The second-order valence-electron chi connectivity index (χ2n) is 6.90. The standard InChI is InChI=1S/C18H28FN5O/c1-3-15-16(19)17(21-13-20-15)23-11-9-22(10-12-23)14(2)18(25)24-7-5-4-6-8-24/h13-14H,3-12H2,1-2H3. The highest BCUT2D eigenvalue weighted by Gasteiger charge is 2.30. The van der Waals surface area contributed by atoms with E-state index in [9.17, 15) is 9.18 Å². The summed E-state index contributed by atoms with van der Waals surface area (Å²) in [6.45, 7) is 8.49. The number of hydrogen-bond donors (Lipinski definition) is 0. The molecule has 1 aromatic rings. The Kier molecular flexibility index (Phi) is 5.83. The van der Waals surface area contributed by atoms with Gasteiger partial charge in [0.1, 0.15) is 6.33 Å². The van der Waals surface area contributed by atoms with Crippen molar-refractivity contribution in [2.24, 2.45) is 0 Å². The molecule has 0 radical (unpaired) electrons. The number of piperidine rings is 1. The number of anilines is 1. The van der Waals surface area contributed by atoms with Gasteiger partial charge in [-0.3, -0.25) is 9.69 Å². The summed E-state index contributed by atoms with van der Waals surface area (Å²) >= 11 is 0. The van der Waals surface area contributed by atoms with Gasteiger partial charge in [-0.1, -0.05) is 6.92 Å². The molecule has 0 N–H and O–H groups in total. The van der Waals surface area contributed by atoms with E-state index < -0.39 is 0 Å². The van der Waals surface area contributed by atoms with Crippen LogP contribution >= 0.6 is 0 Å². The van der Waals surface area contributed by atoms with E-state index in [4.69, 9.17) is 0 Å². The third-order valence-electron chi connectivity index (χ3n) is 5.36. The zero-order chi connectivity index (χ0) is 17.8. The molecule has 1 atom stereocenters. The van der Waals surface area contributed by atoms with Gasteiger partial charge in [-0.2, -0.15) is 0 Å². The summed E-state index contributed by atoms with van der Waals surface area (Å²) in [5.74, 6) is 0.312. The number of aromatic nitrogens is 2. The topological polar surface area (TPSA) is 52.6 Å². The smallest absolute Gasteiger partial charge is 0.239 e. The maximum atomic E-state index is 14.4. The van der Waals surface area contributed by atoms with Gasteiger partial charge in [0.05, 0.1) is 11.7 Å². The van der Waals surface area contributed by atoms with Crippen molar-refractivity contribution in [1.82, 2.24) is 19.8 Å². The highest BCUT2D eigenvalue weighted by atomic mass is 19.1. The molecule has 3 heterocycles. The van der Waals surface area contributed by atoms with Gasteiger partial charge in [-0.15, -0.1) is 0 Å². The van der Waals surface area contributed by atoms with Crippen LogP contribution in [-0.4, -0.2) is 71.0 Å². The van der Waals surface area contributed by atoms with E-state index in [-0.39, 0.29) is 17.8 Å². The molecule has 0 bridgehead atoms. The first kappa shape index (κ1) is 18.0. The second-order valence-corrected chi connectivity index (χ2v) is 6.90. The van der Waals surface area contributed by atoms with Crippen LogP contribution in [0, 0.1) is 5.82 Å². The van der Waals surface area contributed by atoms with Gasteiger partial charge in [-0.25, -0.2) is 14.4 Å². The second kappa shape index (κ2) is 8.08. The Balaban J connectivity index is 1.59. The molecule has 0 saturated carbocycles. The quantitative estimate of drug-likeness (QED) is 0.828. The lowest BCUT2D eigenvalue weighted by atomic mass is 10.1. The normalized spacial score (nSPS) is 20.6. The van der Waals surface area contributed by atoms with Gasteiger partial charge < -0.3 is 9.80 Å². The number of aryl methyl sites for hydroxylation is 1. The first-order valence-corrected chi connectivity index (χ1v) is 9.39. The number of piperazine rings is 1. The van der Waals surface area contributed by atoms with Crippen molar-refractivity contribution in [3.63, 3.8) is 0 Å². The van der Waals surface area contributed by atoms with E-state index in [2.05, 4.69) is 14.9 Å². The summed E-state index contributed by atoms with van der Waals surface area (Å²) in [7, 11) is 0. The SMILES string of the molecule is CCc1ncnc(N2CCN(C(C)C(=O)N3CCCCC3)CC2)c1F. The zero-order valence-electron chi connectivity index (χ0n) is 15.2. The number of halogens is 1. The first-order chi connectivity index (χ1) is 12.1. The Labute approximate surface area is 149 Å². The molecule has 138 valence electrons. The molecule has 2 fully saturated rings. The van der Waals surface area contributed by atoms with Crippen LogP contribution < -0.4 is 4.90 Å². The fourth-order valence-electron chi connectivity index (χ4n) is 3.72. The average molecular weight is 349 g/mol. The van der Waals surface area contributed by atoms with E-state index in [1.807, 2.05) is 23.6 Å². The molecule has 2 aliphatic rings. The number of carbonyl (C=O) groups is 1. The Hall–Kier alpha value is -1.76. The Morgan fingerprint density at radius 1 is 1.12 bits per heavy atom. The van der Waals surface area contributed by atoms with Crippen molar-refractivity contribution in [3.8, 4) is 0 Å². The zero-order valence-corrected chi connectivity index (χ0v) is 15.2. The predicted molar refractivity (Wildman–Crippen MR) is 95.0 cm³/mol. The lowest BCUT2D eigenvalue weighted by molar-refractivity contribution is -0.137. The molecular weight excluding hydrogens is 321 g/mol. The fraction of sp³-hybridized carbons (Fsp3) is 0.722. The van der Waals surface area contributed by atoms with Crippen LogP contribution in [0.2, 0.25) is 0 Å². The Morgan fingerprint density at radius 2 is 1.80 bits per heavy atom. The van der Waals surface area contributed by atoms with Crippen molar-refractivity contribution in [1.29, 1.82) is 0 Å². The van der Waals surface area contributed by atoms with E-state index in [1.54, 1.807) is 0 Å². The summed E-state index contributed by atoms with van der Waals surface area (Å²) in [4.78, 5) is 27.0. The number of likely N-dealkylation sites (tertiary alicyclic amines) is 1. The first-order valence-electron chi connectivity index (χ1n) is 9.39. The third kappa shape index (κ3) is 3.92. The maximum absolute atomic E-state index is 14.4. The van der Waals surface area contributed by atoms with Crippen molar-refractivity contribution in [2.75, 3.05) is 44.2 Å². The minimum Gasteiger partial charge on any atom is -0.352 e. The highest BCUT2D eigenvalue weighted by Crippen LogP contribution is 2.21. The van der Waals surface area contributed by atoms with Crippen LogP contribution in [-0.2, 0) is 11.2 Å². The Morgan fingerprint density at radius 3 is 2.44 bits per heavy atom. The van der Waals surface area contributed by atoms with Crippen molar-refractivity contribution < 1.29 is 9.18 Å². The van der Waals surface area contributed by atoms with Crippen molar-refractivity contribution in [3.05, 3.63) is 17.8 Å². The van der Waals surface area contributed by atoms with Crippen LogP contribution in [0.4, 0.5) is 10.2 Å². The number of amides is 1. The van der Waals surface area contributed by atoms with E-state index in [0.717, 1.165) is 39.0 Å². The lowest BCUT2D eigenvalue weighted by Gasteiger charge is -2.40. The summed E-state index contributed by atoms with van der Waals surface area (Å²) in [5, 5.41) is 0. The number of nitrogens with zero attached hydrogens (tertiary/aromatic N) is 5. The molecule has 1 aromatic heterocycles. The lowest BCUT2D eigenvalue weighted by Crippen LogP contribution is -2.55. The molecule has 1 unspecified atom stereocenters. The van der Waals surface area contributed by atoms with E-state index >= 15 is 0 Å². The number of rotatable bonds is 4. The molecule has 3 rings (SSSR count). The van der Waals surface area contributed by atoms with Crippen molar-refractivity contribution in [2.45, 2.75) is 45.6 Å². The molecule has 0 spiro atoms. The molecule has 0 aliphatic carbocycles. The summed E-state index contributed by atoms with van der Waals surface area (Å²) in [6, 6.07) is -0.110. The van der Waals surface area contributed by atoms with Crippen LogP contribution in [0.3, 0.4) is 0 Å². The van der Waals surface area contributed by atoms with Crippen LogP contribution in [0.15, 0.2) is 6.33 Å². The number of carbonyl (C=O) groups excluding carboxylic acids is 1. The molecule has 1 amide bonds. The molecule has 25 heavy (non-hydrogen) atoms. The van der Waals surface area contributed by atoms with Gasteiger partial charge >= 0.3 is 0 Å². The summed E-state index contributed by atoms with van der Waals surface area (Å²) < 4.78 is 14.4. The number of hydrogen-bond acceptors (Lipinski definition) is 5. The highest BCUT2D eigenvalue weighted by molar-refractivity contribution is 5.81. The fourth-order valence-corrected chi connectivity index (χ4v) is 3.72. The van der Waals surface area contributed by atoms with Crippen LogP contribution in [0.5, 0.6) is 0 Å². The molecule has 7 heteroatoms. The molecular formula is C18H28FN5O. The largest absolute Gasteiger partial charge is 0.352 e. The van der Waals surface area contributed by atoms with E-state index in [0.29, 0.717) is 31.0 Å². The molecule has 2 aliphatic heterocycles. The van der Waals surface area contributed by atoms with Crippen molar-refractivity contribution >= 4 is 11.7 Å². The summed E-state index contributed by atoms with van der Waals surface area (Å²) in [6.07, 6.45) is 5.44. The van der Waals surface area contributed by atoms with Gasteiger partial charge in [0.15, 0.2) is 11.6 Å². The predicted octanol–water partition coefficient (Wildman–Crippen LogP) is 1.70. The van der Waals surface area contributed by atoms with Crippen LogP contribution in [0.25, 0.3) is 0 Å². The molecule has 2 saturated heterocycles. The maximum Gasteiger partial charge on any atom is 0.239 e. The van der Waals surface area contributed by atoms with Gasteiger partial charge in [-0.05, 0) is 32.6 Å². The monoisotopic (exact) mass is 349 g/mol. The minimum absolute atomic E-state index is 0.110. The Bertz CT molecular complexity index is 597. The van der Waals surface area contributed by atoms with Crippen LogP contribution in [0.1, 0.15) is 38.8 Å². The minimum atomic E-state index is -0.309. The third-order valence-corrected chi connectivity index (χ3v) is 5.36. The van der Waals surface area contributed by atoms with Gasteiger partial charge in [0, 0.05) is 39.3 Å².